The van der Waals surface area contributed by atoms with Crippen LogP contribution in [0.5, 0.6) is 0 Å². The van der Waals surface area contributed by atoms with Gasteiger partial charge in [-0.1, -0.05) is 35.9 Å². The maximum Gasteiger partial charge on any atom is 0.137 e. The number of rotatable bonds is 1. The fourth-order valence-corrected chi connectivity index (χ4v) is 1.80. The van der Waals surface area contributed by atoms with Crippen LogP contribution in [-0.4, -0.2) is 9.38 Å². The predicted octanol–water partition coefficient (Wildman–Crippen LogP) is 3.31. The molecule has 0 saturated carbocycles. The molecule has 2 aromatic heterocycles. The Balaban J connectivity index is 2.15. The van der Waals surface area contributed by atoms with E-state index in [4.69, 9.17) is 0 Å². The molecule has 1 aromatic carbocycles. The largest absolute Gasteiger partial charge is 0.306 e. The monoisotopic (exact) mass is 208 g/mol. The summed E-state index contributed by atoms with van der Waals surface area (Å²) in [4.78, 5) is 4.58. The van der Waals surface area contributed by atoms with Gasteiger partial charge in [0.1, 0.15) is 5.65 Å². The number of benzene rings is 1. The molecule has 3 rings (SSSR count). The summed E-state index contributed by atoms with van der Waals surface area (Å²) >= 11 is 0. The molecule has 0 saturated heterocycles. The van der Waals surface area contributed by atoms with E-state index in [1.807, 2.05) is 28.8 Å². The summed E-state index contributed by atoms with van der Waals surface area (Å²) in [7, 11) is 0. The summed E-state index contributed by atoms with van der Waals surface area (Å²) in [6.45, 7) is 2.09. The van der Waals surface area contributed by atoms with E-state index in [0.29, 0.717) is 0 Å². The minimum absolute atomic E-state index is 0.984. The molecule has 3 aromatic rings. The summed E-state index contributed by atoms with van der Waals surface area (Å²) in [6, 6.07) is 14.5. The molecule has 78 valence electrons. The van der Waals surface area contributed by atoms with Crippen molar-refractivity contribution in [2.24, 2.45) is 0 Å². The molecule has 0 atom stereocenters. The summed E-state index contributed by atoms with van der Waals surface area (Å²) in [6.07, 6.45) is 4.07. The predicted molar refractivity (Wildman–Crippen MR) is 65.4 cm³/mol. The minimum atomic E-state index is 0.984. The third-order valence-corrected chi connectivity index (χ3v) is 2.71. The highest BCUT2D eigenvalue weighted by Crippen LogP contribution is 2.19. The average molecular weight is 208 g/mol. The highest BCUT2D eigenvalue weighted by molar-refractivity contribution is 5.62. The number of aromatic nitrogens is 2. The van der Waals surface area contributed by atoms with Crippen LogP contribution in [0.25, 0.3) is 16.9 Å². The van der Waals surface area contributed by atoms with E-state index in [1.54, 1.807) is 0 Å². The second kappa shape index (κ2) is 3.49. The molecule has 0 unspecified atom stereocenters. The number of nitrogens with zero attached hydrogens (tertiary/aromatic N) is 2. The van der Waals surface area contributed by atoms with E-state index in [1.165, 1.54) is 5.56 Å². The summed E-state index contributed by atoms with van der Waals surface area (Å²) in [5.74, 6) is 0. The molecule has 2 heteroatoms. The van der Waals surface area contributed by atoms with Crippen LogP contribution in [-0.2, 0) is 0 Å². The van der Waals surface area contributed by atoms with Gasteiger partial charge in [0.25, 0.3) is 0 Å². The zero-order chi connectivity index (χ0) is 11.0. The Morgan fingerprint density at radius 1 is 1.00 bits per heavy atom. The highest BCUT2D eigenvalue weighted by atomic mass is 15.0. The standard InChI is InChI=1S/C14H12N2/c1-11-5-7-12(8-6-11)13-10-16-9-3-2-4-14(16)15-13/h2-10H,1H3. The molecule has 0 N–H and O–H groups in total. The molecule has 0 spiro atoms. The Morgan fingerprint density at radius 2 is 1.81 bits per heavy atom. The van der Waals surface area contributed by atoms with Gasteiger partial charge < -0.3 is 4.40 Å². The van der Waals surface area contributed by atoms with Gasteiger partial charge in [-0.2, -0.15) is 0 Å². The van der Waals surface area contributed by atoms with Gasteiger partial charge in [-0.05, 0) is 19.1 Å². The van der Waals surface area contributed by atoms with Crippen LogP contribution in [0.3, 0.4) is 0 Å². The minimum Gasteiger partial charge on any atom is -0.306 e. The van der Waals surface area contributed by atoms with Crippen molar-refractivity contribution in [1.29, 1.82) is 0 Å². The van der Waals surface area contributed by atoms with Gasteiger partial charge >= 0.3 is 0 Å². The van der Waals surface area contributed by atoms with Crippen LogP contribution in [0.15, 0.2) is 54.9 Å². The van der Waals surface area contributed by atoms with E-state index in [-0.39, 0.29) is 0 Å². The zero-order valence-electron chi connectivity index (χ0n) is 9.09. The molecular formula is C14H12N2. The quantitative estimate of drug-likeness (QED) is 0.599. The topological polar surface area (TPSA) is 17.3 Å². The van der Waals surface area contributed by atoms with E-state index < -0.39 is 0 Å². The fraction of sp³-hybridized carbons (Fsp3) is 0.0714. The number of aryl methyl sites for hydroxylation is 1. The third-order valence-electron chi connectivity index (χ3n) is 2.71. The molecular weight excluding hydrogens is 196 g/mol. The van der Waals surface area contributed by atoms with Gasteiger partial charge in [-0.3, -0.25) is 0 Å². The van der Waals surface area contributed by atoms with Crippen LogP contribution in [0.2, 0.25) is 0 Å². The third kappa shape index (κ3) is 1.48. The van der Waals surface area contributed by atoms with Gasteiger partial charge in [-0.15, -0.1) is 0 Å². The van der Waals surface area contributed by atoms with Gasteiger partial charge in [0.2, 0.25) is 0 Å². The first-order valence-electron chi connectivity index (χ1n) is 5.34. The van der Waals surface area contributed by atoms with Gasteiger partial charge in [0, 0.05) is 18.0 Å². The molecule has 2 nitrogen and oxygen atoms in total. The van der Waals surface area contributed by atoms with Gasteiger partial charge in [0.15, 0.2) is 0 Å². The van der Waals surface area contributed by atoms with Crippen LogP contribution in [0, 0.1) is 6.92 Å². The molecule has 0 radical (unpaired) electrons. The average Bonchev–Trinajstić information content (AvgIpc) is 2.73. The van der Waals surface area contributed by atoms with E-state index in [9.17, 15) is 0 Å². The van der Waals surface area contributed by atoms with E-state index >= 15 is 0 Å². The normalized spacial score (nSPS) is 10.8. The van der Waals surface area contributed by atoms with E-state index in [0.717, 1.165) is 16.9 Å². The molecule has 0 aliphatic heterocycles. The maximum absolute atomic E-state index is 4.58. The molecule has 0 aliphatic rings. The van der Waals surface area contributed by atoms with Crippen LogP contribution in [0.1, 0.15) is 5.56 Å². The summed E-state index contributed by atoms with van der Waals surface area (Å²) in [5.41, 5.74) is 4.44. The number of fused-ring (bicyclic) bond motifs is 1. The molecule has 0 aliphatic carbocycles. The lowest BCUT2D eigenvalue weighted by molar-refractivity contribution is 1.19. The Hall–Kier alpha value is -2.09. The lowest BCUT2D eigenvalue weighted by Gasteiger charge is -1.96. The van der Waals surface area contributed by atoms with Crippen molar-refractivity contribution < 1.29 is 0 Å². The first kappa shape index (κ1) is 9.16. The van der Waals surface area contributed by atoms with Crippen LogP contribution >= 0.6 is 0 Å². The van der Waals surface area contributed by atoms with Crippen molar-refractivity contribution >= 4 is 5.65 Å². The number of pyridine rings is 1. The first-order valence-corrected chi connectivity index (χ1v) is 5.34. The second-order valence-corrected chi connectivity index (χ2v) is 3.96. The van der Waals surface area contributed by atoms with Crippen LogP contribution < -0.4 is 0 Å². The molecule has 0 bridgehead atoms. The van der Waals surface area contributed by atoms with Gasteiger partial charge in [0.05, 0.1) is 5.69 Å². The molecule has 0 fully saturated rings. The second-order valence-electron chi connectivity index (χ2n) is 3.96. The van der Waals surface area contributed by atoms with Crippen molar-refractivity contribution in [1.82, 2.24) is 9.38 Å². The Kier molecular flexibility index (Phi) is 2.00. The lowest BCUT2D eigenvalue weighted by Crippen LogP contribution is -1.77. The molecule has 0 amide bonds. The number of imidazole rings is 1. The SMILES string of the molecule is Cc1ccc(-c2cn3ccccc3n2)cc1. The van der Waals surface area contributed by atoms with Crippen molar-refractivity contribution in [2.75, 3.05) is 0 Å². The van der Waals surface area contributed by atoms with E-state index in [2.05, 4.69) is 42.4 Å². The Bertz CT molecular complexity index is 588. The maximum atomic E-state index is 4.58. The number of hydrogen-bond acceptors (Lipinski definition) is 1. The lowest BCUT2D eigenvalue weighted by atomic mass is 10.1. The van der Waals surface area contributed by atoms with Crippen molar-refractivity contribution in [3.63, 3.8) is 0 Å². The smallest absolute Gasteiger partial charge is 0.137 e. The highest BCUT2D eigenvalue weighted by Gasteiger charge is 2.02. The van der Waals surface area contributed by atoms with Crippen molar-refractivity contribution in [3.8, 4) is 11.3 Å². The van der Waals surface area contributed by atoms with Crippen molar-refractivity contribution in [2.45, 2.75) is 6.92 Å². The molecule has 16 heavy (non-hydrogen) atoms. The zero-order valence-corrected chi connectivity index (χ0v) is 9.09. The van der Waals surface area contributed by atoms with Gasteiger partial charge in [-0.25, -0.2) is 4.98 Å². The first-order chi connectivity index (χ1) is 7.83. The molecule has 2 heterocycles. The Labute approximate surface area is 94.2 Å². The van der Waals surface area contributed by atoms with Crippen molar-refractivity contribution in [3.05, 3.63) is 60.4 Å². The summed E-state index contributed by atoms with van der Waals surface area (Å²) in [5, 5.41) is 0. The fourth-order valence-electron chi connectivity index (χ4n) is 1.80. The Morgan fingerprint density at radius 3 is 2.56 bits per heavy atom. The summed E-state index contributed by atoms with van der Waals surface area (Å²) < 4.78 is 2.04. The van der Waals surface area contributed by atoms with Crippen LogP contribution in [0.4, 0.5) is 0 Å². The number of hydrogen-bond donors (Lipinski definition) is 0.